The number of hydrogen-bond donors (Lipinski definition) is 2. The average Bonchev–Trinajstić information content (AvgIpc) is 2.33. The summed E-state index contributed by atoms with van der Waals surface area (Å²) in [6.07, 6.45) is 7.25. The van der Waals surface area contributed by atoms with Crippen molar-refractivity contribution in [1.29, 1.82) is 0 Å². The molecule has 1 aliphatic rings. The molecule has 2 nitrogen and oxygen atoms in total. The lowest BCUT2D eigenvalue weighted by Gasteiger charge is -2.15. The third-order valence-electron chi connectivity index (χ3n) is 2.00. The minimum Gasteiger partial charge on any atom is -0.392 e. The molecular formula is C8H14O2. The van der Waals surface area contributed by atoms with Gasteiger partial charge < -0.3 is 10.2 Å². The summed E-state index contributed by atoms with van der Waals surface area (Å²) in [5.41, 5.74) is -0.595. The molecule has 2 N–H and O–H groups in total. The summed E-state index contributed by atoms with van der Waals surface area (Å²) in [5, 5.41) is 18.1. The van der Waals surface area contributed by atoms with Gasteiger partial charge in [0.05, 0.1) is 12.2 Å². The number of aliphatic hydroxyl groups is 2. The Hall–Kier alpha value is -0.340. The molecule has 0 unspecified atom stereocenters. The Kier molecular flexibility index (Phi) is 2.46. The van der Waals surface area contributed by atoms with E-state index in [0.29, 0.717) is 0 Å². The molecule has 1 rings (SSSR count). The van der Waals surface area contributed by atoms with Gasteiger partial charge in [0.15, 0.2) is 0 Å². The number of hydrogen-bond acceptors (Lipinski definition) is 2. The van der Waals surface area contributed by atoms with E-state index in [4.69, 9.17) is 5.11 Å². The van der Waals surface area contributed by atoms with Crippen LogP contribution in [-0.4, -0.2) is 22.4 Å². The third-order valence-corrected chi connectivity index (χ3v) is 2.00. The van der Waals surface area contributed by atoms with Crippen molar-refractivity contribution >= 4 is 0 Å². The van der Waals surface area contributed by atoms with Crippen LogP contribution in [0, 0.1) is 0 Å². The fraction of sp³-hybridized carbons (Fsp3) is 0.750. The van der Waals surface area contributed by atoms with Gasteiger partial charge in [0.2, 0.25) is 0 Å². The van der Waals surface area contributed by atoms with Crippen molar-refractivity contribution in [3.05, 3.63) is 12.2 Å². The smallest absolute Gasteiger partial charge is 0.0828 e. The van der Waals surface area contributed by atoms with Crippen molar-refractivity contribution in [1.82, 2.24) is 0 Å². The molecule has 0 heterocycles. The minimum atomic E-state index is -0.595. The van der Waals surface area contributed by atoms with Gasteiger partial charge in [0.1, 0.15) is 0 Å². The lowest BCUT2D eigenvalue weighted by Crippen LogP contribution is -2.20. The molecule has 0 atom stereocenters. The van der Waals surface area contributed by atoms with E-state index in [9.17, 15) is 5.11 Å². The van der Waals surface area contributed by atoms with Gasteiger partial charge in [-0.15, -0.1) is 0 Å². The zero-order valence-electron chi connectivity index (χ0n) is 6.08. The zero-order chi connectivity index (χ0) is 7.45. The molecule has 2 heteroatoms. The highest BCUT2D eigenvalue weighted by Crippen LogP contribution is 2.30. The highest BCUT2D eigenvalue weighted by atomic mass is 16.3. The van der Waals surface area contributed by atoms with Crippen LogP contribution in [0.25, 0.3) is 0 Å². The molecule has 0 aliphatic heterocycles. The van der Waals surface area contributed by atoms with Crippen molar-refractivity contribution in [3.63, 3.8) is 0 Å². The highest BCUT2D eigenvalue weighted by molar-refractivity contribution is 5.03. The quantitative estimate of drug-likeness (QED) is 0.561. The van der Waals surface area contributed by atoms with Crippen LogP contribution in [0.4, 0.5) is 0 Å². The van der Waals surface area contributed by atoms with Crippen molar-refractivity contribution in [3.8, 4) is 0 Å². The SMILES string of the molecule is OCC=CC1(O)CCCC1. The summed E-state index contributed by atoms with van der Waals surface area (Å²) in [6, 6.07) is 0. The van der Waals surface area contributed by atoms with E-state index in [-0.39, 0.29) is 6.61 Å². The molecule has 0 bridgehead atoms. The van der Waals surface area contributed by atoms with Crippen LogP contribution in [0.5, 0.6) is 0 Å². The van der Waals surface area contributed by atoms with Crippen LogP contribution >= 0.6 is 0 Å². The second-order valence-electron chi connectivity index (χ2n) is 2.90. The van der Waals surface area contributed by atoms with Crippen molar-refractivity contribution in [2.24, 2.45) is 0 Å². The van der Waals surface area contributed by atoms with Crippen LogP contribution in [0.2, 0.25) is 0 Å². The van der Waals surface area contributed by atoms with Crippen molar-refractivity contribution in [2.75, 3.05) is 6.61 Å². The molecule has 0 aromatic heterocycles. The maximum atomic E-state index is 9.62. The Bertz CT molecular complexity index is 123. The van der Waals surface area contributed by atoms with E-state index in [1.165, 1.54) is 0 Å². The molecule has 0 amide bonds. The first-order valence-electron chi connectivity index (χ1n) is 3.78. The lowest BCUT2D eigenvalue weighted by atomic mass is 10.0. The second kappa shape index (κ2) is 3.17. The summed E-state index contributed by atoms with van der Waals surface area (Å²) in [4.78, 5) is 0. The lowest BCUT2D eigenvalue weighted by molar-refractivity contribution is 0.0984. The van der Waals surface area contributed by atoms with Crippen LogP contribution in [0.3, 0.4) is 0 Å². The van der Waals surface area contributed by atoms with Gasteiger partial charge in [0.25, 0.3) is 0 Å². The van der Waals surface area contributed by atoms with Crippen molar-refractivity contribution in [2.45, 2.75) is 31.3 Å². The molecule has 58 valence electrons. The van der Waals surface area contributed by atoms with Crippen LogP contribution in [0.1, 0.15) is 25.7 Å². The summed E-state index contributed by atoms with van der Waals surface area (Å²) in [5.74, 6) is 0. The van der Waals surface area contributed by atoms with Gasteiger partial charge in [0, 0.05) is 0 Å². The topological polar surface area (TPSA) is 40.5 Å². The monoisotopic (exact) mass is 142 g/mol. The molecule has 0 saturated heterocycles. The van der Waals surface area contributed by atoms with Gasteiger partial charge in [-0.25, -0.2) is 0 Å². The van der Waals surface area contributed by atoms with E-state index in [2.05, 4.69) is 0 Å². The van der Waals surface area contributed by atoms with E-state index in [0.717, 1.165) is 25.7 Å². The Balaban J connectivity index is 2.43. The molecular weight excluding hydrogens is 128 g/mol. The van der Waals surface area contributed by atoms with E-state index < -0.39 is 5.60 Å². The molecule has 0 radical (unpaired) electrons. The predicted octanol–water partition coefficient (Wildman–Crippen LogP) is 0.840. The average molecular weight is 142 g/mol. The first-order valence-corrected chi connectivity index (χ1v) is 3.78. The van der Waals surface area contributed by atoms with Gasteiger partial charge in [-0.05, 0) is 12.8 Å². The summed E-state index contributed by atoms with van der Waals surface area (Å²) in [7, 11) is 0. The van der Waals surface area contributed by atoms with Gasteiger partial charge in [-0.1, -0.05) is 25.0 Å². The van der Waals surface area contributed by atoms with Gasteiger partial charge in [-0.3, -0.25) is 0 Å². The summed E-state index contributed by atoms with van der Waals surface area (Å²) >= 11 is 0. The first-order chi connectivity index (χ1) is 4.77. The van der Waals surface area contributed by atoms with E-state index in [1.807, 2.05) is 0 Å². The molecule has 0 spiro atoms. The maximum absolute atomic E-state index is 9.62. The maximum Gasteiger partial charge on any atom is 0.0828 e. The molecule has 0 aromatic carbocycles. The molecule has 0 aromatic rings. The largest absolute Gasteiger partial charge is 0.392 e. The molecule has 1 saturated carbocycles. The molecule has 1 aliphatic carbocycles. The molecule has 10 heavy (non-hydrogen) atoms. The van der Waals surface area contributed by atoms with Gasteiger partial charge in [-0.2, -0.15) is 0 Å². The Morgan fingerprint density at radius 1 is 1.30 bits per heavy atom. The second-order valence-corrected chi connectivity index (χ2v) is 2.90. The third kappa shape index (κ3) is 1.82. The summed E-state index contributed by atoms with van der Waals surface area (Å²) in [6.45, 7) is 0.0301. The highest BCUT2D eigenvalue weighted by Gasteiger charge is 2.27. The Labute approximate surface area is 61.2 Å². The molecule has 1 fully saturated rings. The predicted molar refractivity (Wildman–Crippen MR) is 39.6 cm³/mol. The fourth-order valence-electron chi connectivity index (χ4n) is 1.43. The fourth-order valence-corrected chi connectivity index (χ4v) is 1.43. The Morgan fingerprint density at radius 2 is 1.90 bits per heavy atom. The zero-order valence-corrected chi connectivity index (χ0v) is 6.08. The normalized spacial score (nSPS) is 24.2. The van der Waals surface area contributed by atoms with Gasteiger partial charge >= 0.3 is 0 Å². The van der Waals surface area contributed by atoms with E-state index in [1.54, 1.807) is 12.2 Å². The number of aliphatic hydroxyl groups excluding tert-OH is 1. The van der Waals surface area contributed by atoms with E-state index >= 15 is 0 Å². The summed E-state index contributed by atoms with van der Waals surface area (Å²) < 4.78 is 0. The van der Waals surface area contributed by atoms with Crippen LogP contribution in [0.15, 0.2) is 12.2 Å². The first kappa shape index (κ1) is 7.76. The van der Waals surface area contributed by atoms with Crippen LogP contribution in [-0.2, 0) is 0 Å². The standard InChI is InChI=1S/C8H14O2/c9-7-3-6-8(10)4-1-2-5-8/h3,6,9-10H,1-2,4-5,7H2. The van der Waals surface area contributed by atoms with Crippen molar-refractivity contribution < 1.29 is 10.2 Å². The number of rotatable bonds is 2. The minimum absolute atomic E-state index is 0.0301. The Morgan fingerprint density at radius 3 is 2.40 bits per heavy atom. The van der Waals surface area contributed by atoms with Crippen LogP contribution < -0.4 is 0 Å².